The number of fused-ring (bicyclic) bond motifs is 2. The number of carbonyl (C=O) groups excluding carboxylic acids is 2. The van der Waals surface area contributed by atoms with E-state index in [4.69, 9.17) is 10.1 Å². The van der Waals surface area contributed by atoms with E-state index in [1.807, 2.05) is 28.8 Å². The highest BCUT2D eigenvalue weighted by atomic mass is 16.3. The minimum absolute atomic E-state index is 0.181. The van der Waals surface area contributed by atoms with Crippen LogP contribution >= 0.6 is 0 Å². The topological polar surface area (TPSA) is 150 Å². The number of hydrogen-bond acceptors (Lipinski definition) is 10. The summed E-state index contributed by atoms with van der Waals surface area (Å²) in [6.45, 7) is 8.99. The summed E-state index contributed by atoms with van der Waals surface area (Å²) in [4.78, 5) is 52.6. The normalized spacial score (nSPS) is 16.0. The smallest absolute Gasteiger partial charge is 0.264 e. The molecule has 13 nitrogen and oxygen atoms in total. The van der Waals surface area contributed by atoms with Crippen LogP contribution in [0.5, 0.6) is 0 Å². The first-order valence-electron chi connectivity index (χ1n) is 23.0. The first-order chi connectivity index (χ1) is 30.8. The third-order valence-corrected chi connectivity index (χ3v) is 12.7. The molecule has 13 heteroatoms. The standard InChI is InChI=1S/C50H61N9O4/c1-35-46(48-53-42(38-19-12-10-13-20-38)34-45(59(48)55-35)57-29-27-56(28-30-57)31-32-60)39-21-15-18-37(33-39)17-11-8-6-4-3-5-7-9-14-26-51-40-22-16-23-41-47(40)50(63)58(36(2)52-41)43-24-25-44(61)54-49(43)62/h10,12-13,15-16,18-23,33-34,43,51,60H,3-9,11,14,17,24-32H2,1-2H3,(H,54,61,62). The molecule has 330 valence electrons. The maximum absolute atomic E-state index is 13.7. The van der Waals surface area contributed by atoms with Gasteiger partial charge in [-0.3, -0.25) is 29.2 Å². The van der Waals surface area contributed by atoms with E-state index in [1.165, 1.54) is 48.7 Å². The fraction of sp³-hybridized carbons (Fsp3) is 0.440. The molecule has 1 unspecified atom stereocenters. The van der Waals surface area contributed by atoms with E-state index in [1.54, 1.807) is 6.92 Å². The third kappa shape index (κ3) is 10.2. The van der Waals surface area contributed by atoms with Gasteiger partial charge in [-0.05, 0) is 62.8 Å². The van der Waals surface area contributed by atoms with Crippen LogP contribution in [-0.2, 0) is 16.0 Å². The fourth-order valence-electron chi connectivity index (χ4n) is 9.36. The highest BCUT2D eigenvalue weighted by Crippen LogP contribution is 2.34. The van der Waals surface area contributed by atoms with Gasteiger partial charge in [-0.15, -0.1) is 0 Å². The van der Waals surface area contributed by atoms with Crippen LogP contribution in [0.25, 0.3) is 38.9 Å². The van der Waals surface area contributed by atoms with E-state index < -0.39 is 11.9 Å². The number of piperazine rings is 1. The molecule has 2 saturated heterocycles. The molecule has 0 radical (unpaired) electrons. The maximum Gasteiger partial charge on any atom is 0.264 e. The lowest BCUT2D eigenvalue weighted by Crippen LogP contribution is -2.47. The highest BCUT2D eigenvalue weighted by Gasteiger charge is 2.31. The SMILES string of the molecule is Cc1nn2c(N3CCN(CCO)CC3)cc(-c3ccccc3)nc2c1-c1cccc(CCCCCCCCCCCNc2cccc3nc(C)n(C4CCC(=O)NC4=O)c(=O)c23)c1. The monoisotopic (exact) mass is 851 g/mol. The van der Waals surface area contributed by atoms with Crippen LogP contribution in [0.15, 0.2) is 83.7 Å². The number of β-amino-alcohol motifs (C(OH)–C–C–N with tert-alkyl or cyclic N) is 1. The van der Waals surface area contributed by atoms with Crippen LogP contribution in [0.1, 0.15) is 93.8 Å². The first kappa shape index (κ1) is 43.7. The van der Waals surface area contributed by atoms with Gasteiger partial charge in [-0.2, -0.15) is 9.61 Å². The zero-order valence-corrected chi connectivity index (χ0v) is 36.8. The Morgan fingerprint density at radius 2 is 1.49 bits per heavy atom. The lowest BCUT2D eigenvalue weighted by molar-refractivity contribution is -0.135. The van der Waals surface area contributed by atoms with Gasteiger partial charge in [0.1, 0.15) is 17.7 Å². The van der Waals surface area contributed by atoms with Crippen LogP contribution in [0.4, 0.5) is 11.5 Å². The Bertz CT molecular complexity index is 2600. The molecule has 0 saturated carbocycles. The zero-order chi connectivity index (χ0) is 43.7. The number of aliphatic hydroxyl groups is 1. The van der Waals surface area contributed by atoms with Gasteiger partial charge in [-0.25, -0.2) is 9.97 Å². The van der Waals surface area contributed by atoms with Gasteiger partial charge in [0.25, 0.3) is 5.56 Å². The Morgan fingerprint density at radius 1 is 0.778 bits per heavy atom. The van der Waals surface area contributed by atoms with Gasteiger partial charge in [0, 0.05) is 68.6 Å². The van der Waals surface area contributed by atoms with Gasteiger partial charge in [0.2, 0.25) is 11.8 Å². The molecule has 2 aliphatic heterocycles. The summed E-state index contributed by atoms with van der Waals surface area (Å²) in [5, 5.41) is 20.9. The third-order valence-electron chi connectivity index (χ3n) is 12.7. The minimum Gasteiger partial charge on any atom is -0.395 e. The summed E-state index contributed by atoms with van der Waals surface area (Å²) < 4.78 is 3.48. The summed E-state index contributed by atoms with van der Waals surface area (Å²) in [5.74, 6) is 0.759. The second kappa shape index (κ2) is 20.5. The molecule has 2 fully saturated rings. The Labute approximate surface area is 369 Å². The fourth-order valence-corrected chi connectivity index (χ4v) is 9.36. The number of carbonyl (C=O) groups is 2. The van der Waals surface area contributed by atoms with Crippen LogP contribution in [0.3, 0.4) is 0 Å². The van der Waals surface area contributed by atoms with Crippen molar-refractivity contribution in [2.75, 3.05) is 56.1 Å². The molecule has 2 aliphatic rings. The Balaban J connectivity index is 0.796. The van der Waals surface area contributed by atoms with Crippen LogP contribution in [-0.4, -0.2) is 91.8 Å². The van der Waals surface area contributed by atoms with Crippen molar-refractivity contribution in [2.45, 2.75) is 96.9 Å². The van der Waals surface area contributed by atoms with Crippen LogP contribution < -0.4 is 21.1 Å². The molecule has 0 bridgehead atoms. The van der Waals surface area contributed by atoms with E-state index in [-0.39, 0.29) is 30.9 Å². The van der Waals surface area contributed by atoms with Crippen LogP contribution in [0, 0.1) is 13.8 Å². The van der Waals surface area contributed by atoms with Gasteiger partial charge in [0.05, 0.1) is 28.9 Å². The van der Waals surface area contributed by atoms with Crippen molar-refractivity contribution in [3.05, 3.63) is 106 Å². The molecule has 3 aromatic heterocycles. The summed E-state index contributed by atoms with van der Waals surface area (Å²) in [6, 6.07) is 26.4. The second-order valence-electron chi connectivity index (χ2n) is 17.2. The molecule has 1 atom stereocenters. The van der Waals surface area contributed by atoms with Gasteiger partial charge in [-0.1, -0.05) is 106 Å². The van der Waals surface area contributed by atoms with Gasteiger partial charge in [0.15, 0.2) is 5.65 Å². The molecule has 5 heterocycles. The van der Waals surface area contributed by atoms with Gasteiger partial charge >= 0.3 is 0 Å². The number of imide groups is 1. The number of piperidine rings is 1. The molecule has 6 aromatic rings. The van der Waals surface area contributed by atoms with Crippen LogP contribution in [0.2, 0.25) is 0 Å². The second-order valence-corrected chi connectivity index (χ2v) is 17.2. The van der Waals surface area contributed by atoms with Crippen molar-refractivity contribution in [1.29, 1.82) is 0 Å². The number of unbranched alkanes of at least 4 members (excludes halogenated alkanes) is 8. The number of nitrogens with one attached hydrogen (secondary N) is 2. The lowest BCUT2D eigenvalue weighted by atomic mass is 9.99. The number of aryl methyl sites for hydroxylation is 3. The van der Waals surface area contributed by atoms with Gasteiger partial charge < -0.3 is 15.3 Å². The van der Waals surface area contributed by atoms with E-state index >= 15 is 0 Å². The van der Waals surface area contributed by atoms with Crippen molar-refractivity contribution in [3.8, 4) is 22.4 Å². The first-order valence-corrected chi connectivity index (χ1v) is 23.0. The van der Waals surface area contributed by atoms with E-state index in [9.17, 15) is 19.5 Å². The summed E-state index contributed by atoms with van der Waals surface area (Å²) >= 11 is 0. The molecule has 0 aliphatic carbocycles. The van der Waals surface area contributed by atoms with Crippen molar-refractivity contribution in [2.24, 2.45) is 0 Å². The lowest BCUT2D eigenvalue weighted by Gasteiger charge is -2.35. The maximum atomic E-state index is 13.7. The molecule has 63 heavy (non-hydrogen) atoms. The Hall–Kier alpha value is -5.92. The molecule has 3 N–H and O–H groups in total. The summed E-state index contributed by atoms with van der Waals surface area (Å²) in [6.07, 6.45) is 12.1. The highest BCUT2D eigenvalue weighted by molar-refractivity contribution is 6.00. The van der Waals surface area contributed by atoms with Crippen molar-refractivity contribution < 1.29 is 14.7 Å². The number of amides is 2. The largest absolute Gasteiger partial charge is 0.395 e. The van der Waals surface area contributed by atoms with Crippen molar-refractivity contribution in [1.82, 2.24) is 34.4 Å². The number of benzene rings is 3. The van der Waals surface area contributed by atoms with Crippen molar-refractivity contribution >= 4 is 39.9 Å². The molecule has 8 rings (SSSR count). The number of nitrogens with zero attached hydrogens (tertiary/aromatic N) is 7. The zero-order valence-electron chi connectivity index (χ0n) is 36.8. The number of rotatable bonds is 19. The predicted molar refractivity (Wildman–Crippen MR) is 250 cm³/mol. The molecular formula is C50H61N9O4. The van der Waals surface area contributed by atoms with Crippen molar-refractivity contribution in [3.63, 3.8) is 0 Å². The number of hydrogen-bond donors (Lipinski definition) is 3. The quantitative estimate of drug-likeness (QED) is 0.0548. The summed E-state index contributed by atoms with van der Waals surface area (Å²) in [7, 11) is 0. The minimum atomic E-state index is -0.740. The average Bonchev–Trinajstić information content (AvgIpc) is 3.63. The molecular weight excluding hydrogens is 791 g/mol. The van der Waals surface area contributed by atoms with E-state index in [0.717, 1.165) is 104 Å². The number of anilines is 2. The summed E-state index contributed by atoms with van der Waals surface area (Å²) in [5.41, 5.74) is 8.54. The van der Waals surface area contributed by atoms with E-state index in [0.29, 0.717) is 23.3 Å². The average molecular weight is 852 g/mol. The number of aromatic nitrogens is 5. The molecule has 2 amide bonds. The van der Waals surface area contributed by atoms with E-state index in [2.05, 4.69) is 86.9 Å². The number of aliphatic hydroxyl groups excluding tert-OH is 1. The predicted octanol–water partition coefficient (Wildman–Crippen LogP) is 7.65. The molecule has 3 aromatic carbocycles. The Kier molecular flexibility index (Phi) is 14.2. The molecule has 0 spiro atoms. The Morgan fingerprint density at radius 3 is 2.24 bits per heavy atom.